The molecule has 0 spiro atoms. The number of benzene rings is 4. The zero-order chi connectivity index (χ0) is 26.3. The number of rotatable bonds is 4. The van der Waals surface area contributed by atoms with Crippen LogP contribution in [0.5, 0.6) is 0 Å². The van der Waals surface area contributed by atoms with Crippen LogP contribution in [0.2, 0.25) is 0 Å². The SMILES string of the molecule is CC1c2c(C3=CC(c4ccccc4-c4ccccc4)=CC(Cl)C3)cccc2-c2cccc(C3C=CC=CC3)c21. The molecule has 39 heavy (non-hydrogen) atoms. The summed E-state index contributed by atoms with van der Waals surface area (Å²) in [6, 6.07) is 33.1. The zero-order valence-corrected chi connectivity index (χ0v) is 22.9. The van der Waals surface area contributed by atoms with E-state index in [0.717, 1.165) is 12.8 Å². The fourth-order valence-electron chi connectivity index (χ4n) is 6.84. The van der Waals surface area contributed by atoms with E-state index in [4.69, 9.17) is 11.6 Å². The molecule has 3 aliphatic rings. The standard InChI is InChI=1S/C38H31Cl/c1-25-37-33(27-14-6-3-7-15-27)18-10-20-35(37)36-21-11-19-34(38(25)36)29-22-28(23-30(39)24-29)32-17-9-8-16-31(32)26-12-4-2-5-13-26/h2-14,16-23,25,27,30H,15,24H2,1H3. The van der Waals surface area contributed by atoms with Crippen LogP contribution in [0.15, 0.2) is 127 Å². The predicted molar refractivity (Wildman–Crippen MR) is 167 cm³/mol. The van der Waals surface area contributed by atoms with Gasteiger partial charge in [-0.3, -0.25) is 0 Å². The summed E-state index contributed by atoms with van der Waals surface area (Å²) in [4.78, 5) is 0. The maximum atomic E-state index is 6.98. The molecule has 0 saturated carbocycles. The molecule has 3 atom stereocenters. The molecule has 7 rings (SSSR count). The van der Waals surface area contributed by atoms with Gasteiger partial charge in [-0.2, -0.15) is 0 Å². The van der Waals surface area contributed by atoms with Gasteiger partial charge in [0.15, 0.2) is 0 Å². The number of alkyl halides is 1. The van der Waals surface area contributed by atoms with Gasteiger partial charge < -0.3 is 0 Å². The Hall–Kier alpha value is -3.87. The van der Waals surface area contributed by atoms with Gasteiger partial charge in [0.1, 0.15) is 0 Å². The fraction of sp³-hybridized carbons (Fsp3) is 0.158. The lowest BCUT2D eigenvalue weighted by molar-refractivity contribution is 0.817. The van der Waals surface area contributed by atoms with Crippen LogP contribution < -0.4 is 0 Å². The van der Waals surface area contributed by atoms with Gasteiger partial charge >= 0.3 is 0 Å². The predicted octanol–water partition coefficient (Wildman–Crippen LogP) is 10.6. The minimum Gasteiger partial charge on any atom is -0.118 e. The summed E-state index contributed by atoms with van der Waals surface area (Å²) in [6.45, 7) is 2.39. The van der Waals surface area contributed by atoms with E-state index in [9.17, 15) is 0 Å². The monoisotopic (exact) mass is 522 g/mol. The first-order valence-corrected chi connectivity index (χ1v) is 14.4. The number of fused-ring (bicyclic) bond motifs is 3. The lowest BCUT2D eigenvalue weighted by Crippen LogP contribution is -2.07. The molecule has 4 aromatic carbocycles. The molecular weight excluding hydrogens is 492 g/mol. The molecule has 190 valence electrons. The van der Waals surface area contributed by atoms with E-state index >= 15 is 0 Å². The van der Waals surface area contributed by atoms with Gasteiger partial charge in [-0.15, -0.1) is 11.6 Å². The smallest absolute Gasteiger partial charge is 0.0565 e. The van der Waals surface area contributed by atoms with Crippen LogP contribution in [0.3, 0.4) is 0 Å². The molecular formula is C38H31Cl. The van der Waals surface area contributed by atoms with Gasteiger partial charge in [0.2, 0.25) is 0 Å². The maximum Gasteiger partial charge on any atom is 0.0565 e. The Labute approximate surface area is 236 Å². The fourth-order valence-corrected chi connectivity index (χ4v) is 7.15. The second kappa shape index (κ2) is 10.0. The quantitative estimate of drug-likeness (QED) is 0.234. The van der Waals surface area contributed by atoms with Crippen molar-refractivity contribution in [1.29, 1.82) is 0 Å². The first-order chi connectivity index (χ1) is 19.2. The third kappa shape index (κ3) is 4.24. The molecule has 0 radical (unpaired) electrons. The molecule has 0 fully saturated rings. The lowest BCUT2D eigenvalue weighted by atomic mass is 9.82. The van der Waals surface area contributed by atoms with Gasteiger partial charge in [0.05, 0.1) is 5.38 Å². The minimum absolute atomic E-state index is 0.0477. The first-order valence-electron chi connectivity index (χ1n) is 14.0. The minimum atomic E-state index is -0.0477. The van der Waals surface area contributed by atoms with Crippen molar-refractivity contribution in [3.63, 3.8) is 0 Å². The van der Waals surface area contributed by atoms with Crippen molar-refractivity contribution in [2.75, 3.05) is 0 Å². The summed E-state index contributed by atoms with van der Waals surface area (Å²) >= 11 is 6.98. The number of hydrogen-bond acceptors (Lipinski definition) is 0. The molecule has 3 aliphatic carbocycles. The normalized spacial score (nSPS) is 21.2. The van der Waals surface area contributed by atoms with Gasteiger partial charge in [-0.25, -0.2) is 0 Å². The summed E-state index contributed by atoms with van der Waals surface area (Å²) in [5, 5.41) is -0.0477. The Morgan fingerprint density at radius 3 is 2.15 bits per heavy atom. The maximum absolute atomic E-state index is 6.98. The third-order valence-corrected chi connectivity index (χ3v) is 8.84. The van der Waals surface area contributed by atoms with E-state index in [2.05, 4.69) is 134 Å². The van der Waals surface area contributed by atoms with Crippen molar-refractivity contribution in [1.82, 2.24) is 0 Å². The van der Waals surface area contributed by atoms with Crippen LogP contribution in [0.4, 0.5) is 0 Å². The summed E-state index contributed by atoms with van der Waals surface area (Å²) in [6.07, 6.45) is 15.5. The number of allylic oxidation sites excluding steroid dienone is 8. The van der Waals surface area contributed by atoms with Gasteiger partial charge in [-0.05, 0) is 74.1 Å². The Kier molecular flexibility index (Phi) is 6.22. The topological polar surface area (TPSA) is 0 Å². The summed E-state index contributed by atoms with van der Waals surface area (Å²) in [7, 11) is 0. The van der Waals surface area contributed by atoms with E-state index in [1.165, 1.54) is 61.2 Å². The molecule has 0 heterocycles. The van der Waals surface area contributed by atoms with Crippen LogP contribution in [0, 0.1) is 0 Å². The number of halogens is 1. The average molecular weight is 523 g/mol. The van der Waals surface area contributed by atoms with Crippen molar-refractivity contribution >= 4 is 22.7 Å². The molecule has 0 aliphatic heterocycles. The largest absolute Gasteiger partial charge is 0.118 e. The average Bonchev–Trinajstić information content (AvgIpc) is 3.30. The Balaban J connectivity index is 1.33. The van der Waals surface area contributed by atoms with Crippen molar-refractivity contribution in [2.45, 2.75) is 37.0 Å². The Morgan fingerprint density at radius 1 is 0.667 bits per heavy atom. The van der Waals surface area contributed by atoms with E-state index < -0.39 is 0 Å². The second-order valence-electron chi connectivity index (χ2n) is 10.9. The molecule has 1 heteroatoms. The van der Waals surface area contributed by atoms with Crippen LogP contribution in [0.25, 0.3) is 33.4 Å². The van der Waals surface area contributed by atoms with E-state index in [1.54, 1.807) is 0 Å². The highest BCUT2D eigenvalue weighted by atomic mass is 35.5. The molecule has 0 aromatic heterocycles. The van der Waals surface area contributed by atoms with Crippen LogP contribution in [0.1, 0.15) is 59.4 Å². The zero-order valence-electron chi connectivity index (χ0n) is 22.1. The second-order valence-corrected chi connectivity index (χ2v) is 11.4. The highest BCUT2D eigenvalue weighted by Crippen LogP contribution is 2.51. The molecule has 0 saturated heterocycles. The van der Waals surface area contributed by atoms with Crippen molar-refractivity contribution < 1.29 is 0 Å². The summed E-state index contributed by atoms with van der Waals surface area (Å²) in [5.41, 5.74) is 14.7. The third-order valence-electron chi connectivity index (χ3n) is 8.56. The van der Waals surface area contributed by atoms with Crippen molar-refractivity contribution in [2.24, 2.45) is 0 Å². The van der Waals surface area contributed by atoms with Gasteiger partial charge in [-0.1, -0.05) is 134 Å². The lowest BCUT2D eigenvalue weighted by Gasteiger charge is -2.23. The molecule has 4 aromatic rings. The number of hydrogen-bond donors (Lipinski definition) is 0. The van der Waals surface area contributed by atoms with Crippen LogP contribution in [-0.2, 0) is 0 Å². The highest BCUT2D eigenvalue weighted by Gasteiger charge is 2.32. The summed E-state index contributed by atoms with van der Waals surface area (Å²) in [5.74, 6) is 0.776. The van der Waals surface area contributed by atoms with E-state index in [0.29, 0.717) is 11.8 Å². The van der Waals surface area contributed by atoms with Gasteiger partial charge in [0, 0.05) is 11.8 Å². The Morgan fingerprint density at radius 2 is 1.36 bits per heavy atom. The van der Waals surface area contributed by atoms with Crippen molar-refractivity contribution in [3.8, 4) is 22.3 Å². The Bertz CT molecular complexity index is 1680. The summed E-state index contributed by atoms with van der Waals surface area (Å²) < 4.78 is 0. The van der Waals surface area contributed by atoms with E-state index in [-0.39, 0.29) is 5.38 Å². The van der Waals surface area contributed by atoms with Crippen LogP contribution >= 0.6 is 11.6 Å². The van der Waals surface area contributed by atoms with Crippen LogP contribution in [-0.4, -0.2) is 5.38 Å². The molecule has 0 N–H and O–H groups in total. The van der Waals surface area contributed by atoms with Gasteiger partial charge in [0.25, 0.3) is 0 Å². The van der Waals surface area contributed by atoms with Crippen molar-refractivity contribution in [3.05, 3.63) is 155 Å². The molecule has 0 amide bonds. The molecule has 0 bridgehead atoms. The van der Waals surface area contributed by atoms with E-state index in [1.807, 2.05) is 0 Å². The molecule has 0 nitrogen and oxygen atoms in total. The molecule has 3 unspecified atom stereocenters. The first kappa shape index (κ1) is 24.2. The highest BCUT2D eigenvalue weighted by molar-refractivity contribution is 6.23.